The van der Waals surface area contributed by atoms with E-state index in [1.807, 2.05) is 0 Å². The van der Waals surface area contributed by atoms with Crippen molar-refractivity contribution in [2.75, 3.05) is 0 Å². The van der Waals surface area contributed by atoms with Gasteiger partial charge in [-0.2, -0.15) is 0 Å². The molecule has 2 heteroatoms. The second-order valence-electron chi connectivity index (χ2n) is 3.23. The summed E-state index contributed by atoms with van der Waals surface area (Å²) in [5.74, 6) is 1.12. The second kappa shape index (κ2) is 3.74. The van der Waals surface area contributed by atoms with Crippen LogP contribution in [0.1, 0.15) is 40.0 Å². The Bertz CT molecular complexity index is 152. The van der Waals surface area contributed by atoms with Crippen LogP contribution in [0.3, 0.4) is 0 Å². The Morgan fingerprint density at radius 3 is 2.73 bits per heavy atom. The number of hydrogen-bond donors (Lipinski definition) is 1. The van der Waals surface area contributed by atoms with Gasteiger partial charge >= 0.3 is 0 Å². The van der Waals surface area contributed by atoms with Crippen molar-refractivity contribution in [3.05, 3.63) is 0 Å². The number of hydrogen-bond acceptors (Lipinski definition) is 2. The van der Waals surface area contributed by atoms with Crippen LogP contribution in [0.5, 0.6) is 0 Å². The molecule has 1 aliphatic heterocycles. The number of nitrogens with zero attached hydrogens (tertiary/aromatic N) is 1. The average Bonchev–Trinajstić information content (AvgIpc) is 2.32. The van der Waals surface area contributed by atoms with E-state index in [9.17, 15) is 0 Å². The third-order valence-corrected chi connectivity index (χ3v) is 2.24. The van der Waals surface area contributed by atoms with Crippen molar-refractivity contribution in [3.63, 3.8) is 0 Å². The molecule has 64 valence electrons. The molecule has 0 amide bonds. The fourth-order valence-electron chi connectivity index (χ4n) is 1.69. The maximum absolute atomic E-state index is 4.51. The molecule has 0 spiro atoms. The van der Waals surface area contributed by atoms with Gasteiger partial charge in [0.2, 0.25) is 0 Å². The summed E-state index contributed by atoms with van der Waals surface area (Å²) in [7, 11) is 0. The first-order valence-corrected chi connectivity index (χ1v) is 4.58. The van der Waals surface area contributed by atoms with Crippen LogP contribution in [0.4, 0.5) is 0 Å². The van der Waals surface area contributed by atoms with Gasteiger partial charge in [-0.05, 0) is 19.8 Å². The molecule has 1 heterocycles. The van der Waals surface area contributed by atoms with Crippen molar-refractivity contribution in [3.8, 4) is 0 Å². The Morgan fingerprint density at radius 2 is 2.18 bits per heavy atom. The highest BCUT2D eigenvalue weighted by Crippen LogP contribution is 2.14. The van der Waals surface area contributed by atoms with Crippen LogP contribution < -0.4 is 5.32 Å². The van der Waals surface area contributed by atoms with Gasteiger partial charge in [0.25, 0.3) is 0 Å². The van der Waals surface area contributed by atoms with Gasteiger partial charge in [0.1, 0.15) is 0 Å². The van der Waals surface area contributed by atoms with Crippen LogP contribution in [0.15, 0.2) is 4.99 Å². The Labute approximate surface area is 69.1 Å². The first kappa shape index (κ1) is 8.57. The molecule has 2 atom stereocenters. The van der Waals surface area contributed by atoms with E-state index in [0.717, 1.165) is 12.3 Å². The molecule has 11 heavy (non-hydrogen) atoms. The molecule has 0 radical (unpaired) electrons. The molecule has 0 fully saturated rings. The number of nitrogens with one attached hydrogen (secondary N) is 1. The van der Waals surface area contributed by atoms with Gasteiger partial charge in [-0.25, -0.2) is 0 Å². The largest absolute Gasteiger partial charge is 0.369 e. The average molecular weight is 154 g/mol. The third kappa shape index (κ3) is 1.95. The second-order valence-corrected chi connectivity index (χ2v) is 3.23. The molecular weight excluding hydrogens is 136 g/mol. The summed E-state index contributed by atoms with van der Waals surface area (Å²) in [5.41, 5.74) is 0. The molecule has 0 bridgehead atoms. The van der Waals surface area contributed by atoms with Crippen molar-refractivity contribution in [2.24, 2.45) is 4.99 Å². The molecular formula is C9H18N2. The van der Waals surface area contributed by atoms with Crippen LogP contribution in [0.2, 0.25) is 0 Å². The van der Waals surface area contributed by atoms with Crippen molar-refractivity contribution in [1.82, 2.24) is 5.32 Å². The lowest BCUT2D eigenvalue weighted by Gasteiger charge is -2.15. The summed E-state index contributed by atoms with van der Waals surface area (Å²) in [5, 5.41) is 3.41. The van der Waals surface area contributed by atoms with Crippen molar-refractivity contribution < 1.29 is 0 Å². The Morgan fingerprint density at radius 1 is 1.45 bits per heavy atom. The molecule has 1 N–H and O–H groups in total. The summed E-state index contributed by atoms with van der Waals surface area (Å²) < 4.78 is 0. The fraction of sp³-hybridized carbons (Fsp3) is 0.889. The quantitative estimate of drug-likeness (QED) is 0.660. The van der Waals surface area contributed by atoms with Crippen LogP contribution in [-0.2, 0) is 0 Å². The highest BCUT2D eigenvalue weighted by atomic mass is 15.1. The maximum Gasteiger partial charge on any atom is 0.0938 e. The van der Waals surface area contributed by atoms with Gasteiger partial charge in [-0.1, -0.05) is 20.3 Å². The van der Waals surface area contributed by atoms with Gasteiger partial charge in [0.05, 0.1) is 11.9 Å². The standard InChI is InChI=1S/C9H18N2/c1-4-6-9-8(5-2)10-7(3)11-9/h8-9H,4-6H2,1-3H3,(H,10,11). The molecule has 0 saturated carbocycles. The molecule has 0 aromatic carbocycles. The lowest BCUT2D eigenvalue weighted by molar-refractivity contribution is 0.477. The van der Waals surface area contributed by atoms with Gasteiger partial charge in [0.15, 0.2) is 0 Å². The first-order chi connectivity index (χ1) is 5.27. The van der Waals surface area contributed by atoms with E-state index in [2.05, 4.69) is 31.1 Å². The first-order valence-electron chi connectivity index (χ1n) is 4.58. The minimum atomic E-state index is 0.537. The van der Waals surface area contributed by atoms with Gasteiger partial charge in [-0.3, -0.25) is 4.99 Å². The lowest BCUT2D eigenvalue weighted by Crippen LogP contribution is -2.33. The summed E-state index contributed by atoms with van der Waals surface area (Å²) >= 11 is 0. The normalized spacial score (nSPS) is 29.9. The third-order valence-electron chi connectivity index (χ3n) is 2.24. The predicted octanol–water partition coefficient (Wildman–Crippen LogP) is 1.96. The van der Waals surface area contributed by atoms with Crippen molar-refractivity contribution in [2.45, 2.75) is 52.1 Å². The monoisotopic (exact) mass is 154 g/mol. The molecule has 2 unspecified atom stereocenters. The smallest absolute Gasteiger partial charge is 0.0938 e. The van der Waals surface area contributed by atoms with E-state index in [-0.39, 0.29) is 0 Å². The molecule has 0 aromatic rings. The number of amidine groups is 1. The Balaban J connectivity index is 2.45. The van der Waals surface area contributed by atoms with E-state index < -0.39 is 0 Å². The summed E-state index contributed by atoms with van der Waals surface area (Å²) in [6.45, 7) is 6.48. The molecule has 0 saturated heterocycles. The predicted molar refractivity (Wildman–Crippen MR) is 49.0 cm³/mol. The van der Waals surface area contributed by atoms with Crippen LogP contribution in [-0.4, -0.2) is 17.9 Å². The molecule has 0 aromatic heterocycles. The van der Waals surface area contributed by atoms with Crippen molar-refractivity contribution >= 4 is 5.84 Å². The topological polar surface area (TPSA) is 24.4 Å². The molecule has 1 aliphatic rings. The summed E-state index contributed by atoms with van der Waals surface area (Å²) in [4.78, 5) is 4.51. The van der Waals surface area contributed by atoms with E-state index in [4.69, 9.17) is 0 Å². The molecule has 1 rings (SSSR count). The number of aliphatic imine (C=N–C) groups is 1. The van der Waals surface area contributed by atoms with E-state index in [0.29, 0.717) is 12.1 Å². The minimum absolute atomic E-state index is 0.537. The maximum atomic E-state index is 4.51. The highest BCUT2D eigenvalue weighted by molar-refractivity contribution is 5.81. The zero-order valence-electron chi connectivity index (χ0n) is 7.72. The molecule has 2 nitrogen and oxygen atoms in total. The van der Waals surface area contributed by atoms with Gasteiger partial charge in [-0.15, -0.1) is 0 Å². The van der Waals surface area contributed by atoms with Crippen LogP contribution >= 0.6 is 0 Å². The zero-order valence-corrected chi connectivity index (χ0v) is 7.72. The van der Waals surface area contributed by atoms with E-state index in [1.54, 1.807) is 0 Å². The van der Waals surface area contributed by atoms with Gasteiger partial charge in [0, 0.05) is 6.04 Å². The SMILES string of the molecule is CCCC1NC(C)=NC1CC. The summed E-state index contributed by atoms with van der Waals surface area (Å²) in [6, 6.07) is 1.15. The van der Waals surface area contributed by atoms with Crippen LogP contribution in [0.25, 0.3) is 0 Å². The number of rotatable bonds is 3. The van der Waals surface area contributed by atoms with Crippen LogP contribution in [0, 0.1) is 0 Å². The Kier molecular flexibility index (Phi) is 2.92. The highest BCUT2D eigenvalue weighted by Gasteiger charge is 2.23. The van der Waals surface area contributed by atoms with E-state index >= 15 is 0 Å². The Hall–Kier alpha value is -0.530. The molecule has 0 aliphatic carbocycles. The fourth-order valence-corrected chi connectivity index (χ4v) is 1.69. The van der Waals surface area contributed by atoms with Crippen molar-refractivity contribution in [1.29, 1.82) is 0 Å². The minimum Gasteiger partial charge on any atom is -0.369 e. The van der Waals surface area contributed by atoms with Gasteiger partial charge < -0.3 is 5.32 Å². The zero-order chi connectivity index (χ0) is 8.27. The summed E-state index contributed by atoms with van der Waals surface area (Å²) in [6.07, 6.45) is 3.66. The van der Waals surface area contributed by atoms with E-state index in [1.165, 1.54) is 12.8 Å². The lowest BCUT2D eigenvalue weighted by atomic mass is 10.0.